The Balaban J connectivity index is 1.74. The molecule has 0 radical (unpaired) electrons. The van der Waals surface area contributed by atoms with Crippen LogP contribution in [0.3, 0.4) is 0 Å². The molecule has 0 saturated heterocycles. The van der Waals surface area contributed by atoms with E-state index in [1.807, 2.05) is 0 Å². The van der Waals surface area contributed by atoms with Crippen LogP contribution in [0.2, 0.25) is 5.02 Å². The number of benzene rings is 3. The summed E-state index contributed by atoms with van der Waals surface area (Å²) in [6, 6.07) is 10.5. The summed E-state index contributed by atoms with van der Waals surface area (Å²) in [6.07, 6.45) is -4.90. The van der Waals surface area contributed by atoms with Crippen molar-refractivity contribution < 1.29 is 27.1 Å². The van der Waals surface area contributed by atoms with E-state index in [4.69, 9.17) is 22.9 Å². The van der Waals surface area contributed by atoms with Crippen LogP contribution in [-0.4, -0.2) is 6.03 Å². The molecule has 2 N–H and O–H groups in total. The smallest absolute Gasteiger partial charge is 0.419 e. The molecule has 2 amide bonds. The summed E-state index contributed by atoms with van der Waals surface area (Å²) in [4.78, 5) is 15.6. The van der Waals surface area contributed by atoms with Gasteiger partial charge in [0.25, 0.3) is 0 Å². The number of amides is 2. The minimum atomic E-state index is -4.90. The van der Waals surface area contributed by atoms with E-state index in [2.05, 4.69) is 15.5 Å². The zero-order valence-electron chi connectivity index (χ0n) is 16.3. The number of alkyl halides is 3. The second kappa shape index (κ2) is 9.16. The fourth-order valence-corrected chi connectivity index (χ4v) is 2.87. The van der Waals surface area contributed by atoms with E-state index in [1.54, 1.807) is 25.1 Å². The molecule has 0 fully saturated rings. The van der Waals surface area contributed by atoms with Crippen molar-refractivity contribution in [2.75, 3.05) is 10.6 Å². The largest absolute Gasteiger partial charge is 0.456 e. The molecule has 32 heavy (non-hydrogen) atoms. The summed E-state index contributed by atoms with van der Waals surface area (Å²) < 4.78 is 57.6. The molecule has 3 aromatic carbocycles. The number of rotatable bonds is 4. The first-order valence-corrected chi connectivity index (χ1v) is 9.35. The van der Waals surface area contributed by atoms with E-state index in [0.717, 1.165) is 6.07 Å². The first-order chi connectivity index (χ1) is 15.1. The third-order valence-corrected chi connectivity index (χ3v) is 4.55. The van der Waals surface area contributed by atoms with Gasteiger partial charge in [-0.05, 0) is 55.0 Å². The molecule has 0 unspecified atom stereocenters. The highest BCUT2D eigenvalue weighted by Gasteiger charge is 2.34. The summed E-state index contributed by atoms with van der Waals surface area (Å²) in [6.45, 7) is 8.83. The number of hydrogen-bond donors (Lipinski definition) is 2. The number of nitrogens with zero attached hydrogens (tertiary/aromatic N) is 1. The molecule has 0 bridgehead atoms. The molecule has 164 valence electrons. The van der Waals surface area contributed by atoms with Crippen LogP contribution in [0.4, 0.5) is 39.4 Å². The Morgan fingerprint density at radius 1 is 1.03 bits per heavy atom. The number of anilines is 2. The van der Waals surface area contributed by atoms with E-state index in [1.165, 1.54) is 18.2 Å². The van der Waals surface area contributed by atoms with Crippen LogP contribution in [0.1, 0.15) is 11.1 Å². The van der Waals surface area contributed by atoms with Crippen molar-refractivity contribution in [3.05, 3.63) is 88.0 Å². The summed E-state index contributed by atoms with van der Waals surface area (Å²) in [5, 5.41) is 4.90. The van der Waals surface area contributed by atoms with Gasteiger partial charge in [-0.2, -0.15) is 13.2 Å². The van der Waals surface area contributed by atoms with Crippen molar-refractivity contribution >= 4 is 34.7 Å². The number of carbonyl (C=O) groups is 1. The van der Waals surface area contributed by atoms with Gasteiger partial charge in [0.15, 0.2) is 5.69 Å². The van der Waals surface area contributed by atoms with Gasteiger partial charge in [0.05, 0.1) is 17.2 Å². The average molecular weight is 464 g/mol. The predicted molar refractivity (Wildman–Crippen MR) is 113 cm³/mol. The Kier molecular flexibility index (Phi) is 6.55. The molecule has 5 nitrogen and oxygen atoms in total. The zero-order chi connectivity index (χ0) is 23.5. The summed E-state index contributed by atoms with van der Waals surface area (Å²) >= 11 is 6.14. The van der Waals surface area contributed by atoms with Crippen LogP contribution in [-0.2, 0) is 6.18 Å². The number of halogens is 5. The average Bonchev–Trinajstić information content (AvgIpc) is 2.71. The fourth-order valence-electron chi connectivity index (χ4n) is 2.72. The lowest BCUT2D eigenvalue weighted by atomic mass is 10.2. The maximum Gasteiger partial charge on any atom is 0.419 e. The topological polar surface area (TPSA) is 54.7 Å². The van der Waals surface area contributed by atoms with E-state index in [9.17, 15) is 22.4 Å². The molecular weight excluding hydrogens is 450 g/mol. The second-order valence-electron chi connectivity index (χ2n) is 6.58. The van der Waals surface area contributed by atoms with Gasteiger partial charge in [-0.15, -0.1) is 0 Å². The Hall–Kier alpha value is -3.77. The first kappa shape index (κ1) is 22.9. The molecule has 0 spiro atoms. The zero-order valence-corrected chi connectivity index (χ0v) is 17.1. The summed E-state index contributed by atoms with van der Waals surface area (Å²) in [5.74, 6) is -0.812. The standard InChI is InChI=1S/C22H14ClF4N3O2/c1-12-9-15(5-8-19(12)28-2)32-20-11-14(3-6-17(20)23)30-21(31)29-13-4-7-18(24)16(10-13)22(25,26)27/h3-11H,1H3,(H2,29,30,31). The highest BCUT2D eigenvalue weighted by Crippen LogP contribution is 2.35. The van der Waals surface area contributed by atoms with Gasteiger partial charge in [0, 0.05) is 17.4 Å². The molecular formula is C22H14ClF4N3O2. The highest BCUT2D eigenvalue weighted by molar-refractivity contribution is 6.32. The maximum atomic E-state index is 13.4. The normalized spacial score (nSPS) is 10.9. The first-order valence-electron chi connectivity index (χ1n) is 8.97. The SMILES string of the molecule is [C-]#[N+]c1ccc(Oc2cc(NC(=O)Nc3ccc(F)c(C(F)(F)F)c3)ccc2Cl)cc1C. The van der Waals surface area contributed by atoms with Crippen LogP contribution in [0.5, 0.6) is 11.5 Å². The van der Waals surface area contributed by atoms with Crippen LogP contribution >= 0.6 is 11.6 Å². The van der Waals surface area contributed by atoms with Gasteiger partial charge in [-0.25, -0.2) is 14.0 Å². The van der Waals surface area contributed by atoms with Gasteiger partial charge < -0.3 is 15.4 Å². The molecule has 0 aliphatic rings. The van der Waals surface area contributed by atoms with E-state index in [0.29, 0.717) is 29.1 Å². The van der Waals surface area contributed by atoms with Crippen LogP contribution < -0.4 is 15.4 Å². The molecule has 0 saturated carbocycles. The van der Waals surface area contributed by atoms with Crippen LogP contribution in [0.25, 0.3) is 4.85 Å². The Bertz CT molecular complexity index is 1220. The van der Waals surface area contributed by atoms with Crippen LogP contribution in [0.15, 0.2) is 54.6 Å². The monoisotopic (exact) mass is 463 g/mol. The van der Waals surface area contributed by atoms with E-state index < -0.39 is 23.6 Å². The Labute approximate surface area is 185 Å². The van der Waals surface area contributed by atoms with Crippen molar-refractivity contribution in [3.8, 4) is 11.5 Å². The van der Waals surface area contributed by atoms with Crippen molar-refractivity contribution in [1.29, 1.82) is 0 Å². The Morgan fingerprint density at radius 2 is 1.69 bits per heavy atom. The van der Waals surface area contributed by atoms with E-state index in [-0.39, 0.29) is 22.1 Å². The number of aryl methyl sites for hydroxylation is 1. The van der Waals surface area contributed by atoms with Gasteiger partial charge in [0.1, 0.15) is 17.3 Å². The quantitative estimate of drug-likeness (QED) is 0.306. The van der Waals surface area contributed by atoms with Crippen molar-refractivity contribution in [3.63, 3.8) is 0 Å². The molecule has 0 aliphatic carbocycles. The number of ether oxygens (including phenoxy) is 1. The minimum absolute atomic E-state index is 0.209. The predicted octanol–water partition coefficient (Wildman–Crippen LogP) is 7.79. The molecule has 0 heterocycles. The lowest BCUT2D eigenvalue weighted by Crippen LogP contribution is -2.20. The Morgan fingerprint density at radius 3 is 2.31 bits per heavy atom. The van der Waals surface area contributed by atoms with Gasteiger partial charge in [0.2, 0.25) is 0 Å². The van der Waals surface area contributed by atoms with Gasteiger partial charge in [-0.1, -0.05) is 17.7 Å². The minimum Gasteiger partial charge on any atom is -0.456 e. The molecule has 3 aromatic rings. The third kappa shape index (κ3) is 5.47. The van der Waals surface area contributed by atoms with Crippen LogP contribution in [0, 0.1) is 19.3 Å². The van der Waals surface area contributed by atoms with Crippen molar-refractivity contribution in [2.24, 2.45) is 0 Å². The highest BCUT2D eigenvalue weighted by atomic mass is 35.5. The number of hydrogen-bond acceptors (Lipinski definition) is 2. The fraction of sp³-hybridized carbons (Fsp3) is 0.0909. The van der Waals surface area contributed by atoms with Gasteiger partial charge in [-0.3, -0.25) is 0 Å². The van der Waals surface area contributed by atoms with Crippen molar-refractivity contribution in [2.45, 2.75) is 13.1 Å². The molecule has 0 atom stereocenters. The van der Waals surface area contributed by atoms with E-state index >= 15 is 0 Å². The molecule has 10 heteroatoms. The summed E-state index contributed by atoms with van der Waals surface area (Å²) in [5.41, 5.74) is -0.298. The number of carbonyl (C=O) groups excluding carboxylic acids is 1. The van der Waals surface area contributed by atoms with Gasteiger partial charge >= 0.3 is 12.2 Å². The lowest BCUT2D eigenvalue weighted by molar-refractivity contribution is -0.139. The number of nitrogens with one attached hydrogen (secondary N) is 2. The van der Waals surface area contributed by atoms with Crippen molar-refractivity contribution in [1.82, 2.24) is 0 Å². The summed E-state index contributed by atoms with van der Waals surface area (Å²) in [7, 11) is 0. The lowest BCUT2D eigenvalue weighted by Gasteiger charge is -2.13. The maximum absolute atomic E-state index is 13.4. The number of urea groups is 1. The molecule has 3 rings (SSSR count). The third-order valence-electron chi connectivity index (χ3n) is 4.24. The molecule has 0 aliphatic heterocycles. The molecule has 0 aromatic heterocycles. The second-order valence-corrected chi connectivity index (χ2v) is 6.99.